The fraction of sp³-hybridized carbons (Fsp3) is 0.733. The lowest BCUT2D eigenvalue weighted by Gasteiger charge is -2.35. The highest BCUT2D eigenvalue weighted by Gasteiger charge is 2.20. The normalized spacial score (nSPS) is 19.1. The summed E-state index contributed by atoms with van der Waals surface area (Å²) in [5.74, 6) is 0.953. The summed E-state index contributed by atoms with van der Waals surface area (Å²) in [6, 6.07) is 4.14. The third-order valence-electron chi connectivity index (χ3n) is 3.64. The molecule has 5 nitrogen and oxygen atoms in total. The summed E-state index contributed by atoms with van der Waals surface area (Å²) in [5, 5.41) is 18.1. The third kappa shape index (κ3) is 3.90. The van der Waals surface area contributed by atoms with Crippen molar-refractivity contribution in [3.63, 3.8) is 0 Å². The average molecular weight is 278 g/mol. The maximum Gasteiger partial charge on any atom is 0.151 e. The van der Waals surface area contributed by atoms with Gasteiger partial charge in [0.05, 0.1) is 11.8 Å². The Kier molecular flexibility index (Phi) is 4.60. The zero-order chi connectivity index (χ0) is 14.8. The van der Waals surface area contributed by atoms with Gasteiger partial charge in [-0.2, -0.15) is 5.10 Å². The van der Waals surface area contributed by atoms with Gasteiger partial charge in [0.1, 0.15) is 0 Å². The van der Waals surface area contributed by atoms with Gasteiger partial charge in [0.15, 0.2) is 5.82 Å². The molecule has 2 rings (SSSR count). The smallest absolute Gasteiger partial charge is 0.151 e. The predicted octanol–water partition coefficient (Wildman–Crippen LogP) is 1.28. The van der Waals surface area contributed by atoms with Crippen LogP contribution in [0.15, 0.2) is 12.1 Å². The molecule has 0 bridgehead atoms. The molecule has 0 aromatic carbocycles. The molecule has 1 saturated heterocycles. The molecule has 1 aromatic heterocycles. The summed E-state index contributed by atoms with van der Waals surface area (Å²) in [6.07, 6.45) is -0.257. The standard InChI is InChI=1S/C15H26N4O/c1-12(20)11-18-7-9-19(10-8-18)14-6-5-13(16-17-14)15(2,3)4/h5-6,12,20H,7-11H2,1-4H3. The molecule has 20 heavy (non-hydrogen) atoms. The van der Waals surface area contributed by atoms with Gasteiger partial charge in [0, 0.05) is 38.1 Å². The first kappa shape index (κ1) is 15.2. The van der Waals surface area contributed by atoms with Crippen molar-refractivity contribution in [1.82, 2.24) is 15.1 Å². The second-order valence-electron chi connectivity index (χ2n) is 6.66. The van der Waals surface area contributed by atoms with Gasteiger partial charge in [0.25, 0.3) is 0 Å². The van der Waals surface area contributed by atoms with Crippen molar-refractivity contribution in [3.8, 4) is 0 Å². The lowest BCUT2D eigenvalue weighted by atomic mass is 9.92. The van der Waals surface area contributed by atoms with Crippen molar-refractivity contribution in [2.24, 2.45) is 0 Å². The first-order chi connectivity index (χ1) is 9.36. The molecule has 1 aromatic rings. The summed E-state index contributed by atoms with van der Waals surface area (Å²) in [7, 11) is 0. The van der Waals surface area contributed by atoms with Crippen LogP contribution in [0.1, 0.15) is 33.4 Å². The highest BCUT2D eigenvalue weighted by molar-refractivity contribution is 5.38. The van der Waals surface area contributed by atoms with Gasteiger partial charge in [-0.1, -0.05) is 20.8 Å². The zero-order valence-corrected chi connectivity index (χ0v) is 13.0. The highest BCUT2D eigenvalue weighted by atomic mass is 16.3. The summed E-state index contributed by atoms with van der Waals surface area (Å²) in [4.78, 5) is 4.55. The molecule has 1 atom stereocenters. The Morgan fingerprint density at radius 1 is 1.15 bits per heavy atom. The largest absolute Gasteiger partial charge is 0.392 e. The van der Waals surface area contributed by atoms with Gasteiger partial charge in [-0.25, -0.2) is 0 Å². The minimum atomic E-state index is -0.257. The van der Waals surface area contributed by atoms with E-state index in [0.29, 0.717) is 0 Å². The molecule has 1 aliphatic rings. The fourth-order valence-electron chi connectivity index (χ4n) is 2.43. The number of nitrogens with zero attached hydrogens (tertiary/aromatic N) is 4. The number of anilines is 1. The molecule has 0 amide bonds. The Balaban J connectivity index is 1.94. The van der Waals surface area contributed by atoms with Gasteiger partial charge in [0.2, 0.25) is 0 Å². The molecule has 5 heteroatoms. The minimum absolute atomic E-state index is 0.0431. The fourth-order valence-corrected chi connectivity index (χ4v) is 2.43. The quantitative estimate of drug-likeness (QED) is 0.902. The maximum atomic E-state index is 9.42. The Hall–Kier alpha value is -1.20. The van der Waals surface area contributed by atoms with Crippen LogP contribution in [0.4, 0.5) is 5.82 Å². The van der Waals surface area contributed by atoms with E-state index in [2.05, 4.69) is 52.9 Å². The summed E-state index contributed by atoms with van der Waals surface area (Å²) in [5.41, 5.74) is 1.07. The van der Waals surface area contributed by atoms with E-state index in [-0.39, 0.29) is 11.5 Å². The van der Waals surface area contributed by atoms with E-state index >= 15 is 0 Å². The second kappa shape index (κ2) is 6.06. The van der Waals surface area contributed by atoms with E-state index in [4.69, 9.17) is 0 Å². The molecule has 1 N–H and O–H groups in total. The van der Waals surface area contributed by atoms with Crippen LogP contribution < -0.4 is 4.90 Å². The van der Waals surface area contributed by atoms with Crippen molar-refractivity contribution >= 4 is 5.82 Å². The Morgan fingerprint density at radius 3 is 2.25 bits per heavy atom. The lowest BCUT2D eigenvalue weighted by molar-refractivity contribution is 0.122. The Labute approximate surface area is 121 Å². The molecular weight excluding hydrogens is 252 g/mol. The molecule has 0 radical (unpaired) electrons. The summed E-state index contributed by atoms with van der Waals surface area (Å²) < 4.78 is 0. The van der Waals surface area contributed by atoms with E-state index < -0.39 is 0 Å². The number of β-amino-alcohol motifs (C(OH)–C–C–N with tert-alkyl or cyclic N) is 1. The summed E-state index contributed by atoms with van der Waals surface area (Å²) >= 11 is 0. The second-order valence-corrected chi connectivity index (χ2v) is 6.66. The molecule has 1 aliphatic heterocycles. The molecule has 0 aliphatic carbocycles. The van der Waals surface area contributed by atoms with Crippen LogP contribution in [0.5, 0.6) is 0 Å². The molecular formula is C15H26N4O. The van der Waals surface area contributed by atoms with Crippen LogP contribution in [0.3, 0.4) is 0 Å². The van der Waals surface area contributed by atoms with E-state index in [0.717, 1.165) is 44.2 Å². The highest BCUT2D eigenvalue weighted by Crippen LogP contribution is 2.21. The molecule has 1 fully saturated rings. The predicted molar refractivity (Wildman–Crippen MR) is 81.1 cm³/mol. The number of aliphatic hydroxyl groups excluding tert-OH is 1. The van der Waals surface area contributed by atoms with Crippen molar-refractivity contribution in [3.05, 3.63) is 17.8 Å². The van der Waals surface area contributed by atoms with Gasteiger partial charge in [-0.3, -0.25) is 4.90 Å². The minimum Gasteiger partial charge on any atom is -0.392 e. The monoisotopic (exact) mass is 278 g/mol. The van der Waals surface area contributed by atoms with Crippen LogP contribution >= 0.6 is 0 Å². The molecule has 112 valence electrons. The van der Waals surface area contributed by atoms with Gasteiger partial charge >= 0.3 is 0 Å². The number of hydrogen-bond donors (Lipinski definition) is 1. The number of rotatable bonds is 3. The number of aromatic nitrogens is 2. The molecule has 2 heterocycles. The number of aliphatic hydroxyl groups is 1. The van der Waals surface area contributed by atoms with Gasteiger partial charge < -0.3 is 10.0 Å². The summed E-state index contributed by atoms with van der Waals surface area (Å²) in [6.45, 7) is 12.8. The lowest BCUT2D eigenvalue weighted by Crippen LogP contribution is -2.48. The van der Waals surface area contributed by atoms with Crippen molar-refractivity contribution in [2.75, 3.05) is 37.6 Å². The molecule has 0 spiro atoms. The number of hydrogen-bond acceptors (Lipinski definition) is 5. The van der Waals surface area contributed by atoms with Crippen LogP contribution in [0, 0.1) is 0 Å². The molecule has 0 saturated carbocycles. The Morgan fingerprint density at radius 2 is 1.80 bits per heavy atom. The van der Waals surface area contributed by atoms with Crippen LogP contribution in [-0.4, -0.2) is 59.0 Å². The van der Waals surface area contributed by atoms with Crippen molar-refractivity contribution in [1.29, 1.82) is 0 Å². The van der Waals surface area contributed by atoms with E-state index in [1.807, 2.05) is 6.92 Å². The van der Waals surface area contributed by atoms with E-state index in [1.165, 1.54) is 0 Å². The zero-order valence-electron chi connectivity index (χ0n) is 13.0. The first-order valence-corrected chi connectivity index (χ1v) is 7.36. The number of piperazine rings is 1. The maximum absolute atomic E-state index is 9.42. The van der Waals surface area contributed by atoms with Crippen LogP contribution in [-0.2, 0) is 5.41 Å². The van der Waals surface area contributed by atoms with E-state index in [9.17, 15) is 5.11 Å². The van der Waals surface area contributed by atoms with Crippen LogP contribution in [0.25, 0.3) is 0 Å². The topological polar surface area (TPSA) is 52.5 Å². The Bertz CT molecular complexity index is 416. The first-order valence-electron chi connectivity index (χ1n) is 7.36. The van der Waals surface area contributed by atoms with Gasteiger partial charge in [-0.15, -0.1) is 5.10 Å². The van der Waals surface area contributed by atoms with E-state index in [1.54, 1.807) is 0 Å². The average Bonchev–Trinajstić information content (AvgIpc) is 2.38. The SMILES string of the molecule is CC(O)CN1CCN(c2ccc(C(C)(C)C)nn2)CC1. The van der Waals surface area contributed by atoms with Gasteiger partial charge in [-0.05, 0) is 19.1 Å². The molecule has 1 unspecified atom stereocenters. The van der Waals surface area contributed by atoms with Crippen molar-refractivity contribution < 1.29 is 5.11 Å². The van der Waals surface area contributed by atoms with Crippen LogP contribution in [0.2, 0.25) is 0 Å². The third-order valence-corrected chi connectivity index (χ3v) is 3.64. The van der Waals surface area contributed by atoms with Crippen molar-refractivity contribution in [2.45, 2.75) is 39.2 Å².